The van der Waals surface area contributed by atoms with Gasteiger partial charge in [0.15, 0.2) is 0 Å². The Labute approximate surface area is 211 Å². The number of anilines is 2. The van der Waals surface area contributed by atoms with Gasteiger partial charge in [-0.25, -0.2) is 9.97 Å². The molecule has 0 radical (unpaired) electrons. The first-order valence-corrected chi connectivity index (χ1v) is 12.2. The van der Waals surface area contributed by atoms with Gasteiger partial charge < -0.3 is 20.2 Å². The number of rotatable bonds is 4. The fourth-order valence-electron chi connectivity index (χ4n) is 5.63. The van der Waals surface area contributed by atoms with E-state index in [-0.39, 0.29) is 24.2 Å². The first kappa shape index (κ1) is 23.8. The van der Waals surface area contributed by atoms with Crippen LogP contribution in [0.5, 0.6) is 5.75 Å². The summed E-state index contributed by atoms with van der Waals surface area (Å²) in [6.45, 7) is 7.43. The van der Waals surface area contributed by atoms with Crippen LogP contribution in [0.4, 0.5) is 11.5 Å². The number of nitrogens with zero attached hydrogens (tertiary/aromatic N) is 5. The normalized spacial score (nSPS) is 20.3. The number of phenols is 1. The van der Waals surface area contributed by atoms with E-state index in [1.807, 2.05) is 52.1 Å². The average Bonchev–Trinajstić information content (AvgIpc) is 3.25. The van der Waals surface area contributed by atoms with E-state index in [4.69, 9.17) is 9.97 Å². The van der Waals surface area contributed by atoms with E-state index in [9.17, 15) is 15.2 Å². The number of aryl methyl sites for hydroxylation is 1. The van der Waals surface area contributed by atoms with Crippen molar-refractivity contribution in [3.05, 3.63) is 76.2 Å². The summed E-state index contributed by atoms with van der Waals surface area (Å²) >= 11 is 0. The third-order valence-corrected chi connectivity index (χ3v) is 7.49. The molecule has 8 heteroatoms. The van der Waals surface area contributed by atoms with Crippen molar-refractivity contribution in [1.82, 2.24) is 14.9 Å². The molecule has 2 aliphatic heterocycles. The highest BCUT2D eigenvalue weighted by Crippen LogP contribution is 2.45. The van der Waals surface area contributed by atoms with Gasteiger partial charge in [0.1, 0.15) is 22.8 Å². The number of aromatic hydroxyl groups is 1. The molecule has 8 nitrogen and oxygen atoms in total. The van der Waals surface area contributed by atoms with Gasteiger partial charge in [-0.05, 0) is 70.1 Å². The minimum Gasteiger partial charge on any atom is -0.506 e. The summed E-state index contributed by atoms with van der Waals surface area (Å²) in [6.07, 6.45) is 0.647. The molecule has 184 valence electrons. The molecule has 36 heavy (non-hydrogen) atoms. The molecule has 1 saturated heterocycles. The fourth-order valence-corrected chi connectivity index (χ4v) is 5.63. The van der Waals surface area contributed by atoms with Gasteiger partial charge in [-0.15, -0.1) is 0 Å². The van der Waals surface area contributed by atoms with E-state index in [0.717, 1.165) is 28.9 Å². The second-order valence-electron chi connectivity index (χ2n) is 9.89. The van der Waals surface area contributed by atoms with Crippen LogP contribution in [0.3, 0.4) is 0 Å². The van der Waals surface area contributed by atoms with E-state index in [2.05, 4.69) is 16.3 Å². The average molecular weight is 483 g/mol. The van der Waals surface area contributed by atoms with Crippen LogP contribution >= 0.6 is 0 Å². The van der Waals surface area contributed by atoms with Crippen molar-refractivity contribution in [2.75, 3.05) is 30.4 Å². The van der Waals surface area contributed by atoms with Crippen LogP contribution in [0, 0.1) is 25.2 Å². The maximum Gasteiger partial charge on any atom is 0.241 e. The summed E-state index contributed by atoms with van der Waals surface area (Å²) in [5.74, 6) is 1.29. The van der Waals surface area contributed by atoms with Crippen molar-refractivity contribution in [2.45, 2.75) is 45.2 Å². The summed E-state index contributed by atoms with van der Waals surface area (Å²) < 4.78 is 0. The smallest absolute Gasteiger partial charge is 0.241 e. The van der Waals surface area contributed by atoms with Crippen molar-refractivity contribution in [3.63, 3.8) is 0 Å². The second-order valence-corrected chi connectivity index (χ2v) is 9.89. The number of carbonyl (C=O) groups is 1. The molecule has 0 saturated carbocycles. The van der Waals surface area contributed by atoms with Crippen LogP contribution < -0.4 is 10.2 Å². The number of hydrogen-bond acceptors (Lipinski definition) is 7. The molecule has 0 bridgehead atoms. The number of carbonyl (C=O) groups excluding carboxylic acids is 1. The molecule has 3 heterocycles. The third-order valence-electron chi connectivity index (χ3n) is 7.49. The predicted molar refractivity (Wildman–Crippen MR) is 138 cm³/mol. The van der Waals surface area contributed by atoms with Gasteiger partial charge in [0, 0.05) is 12.1 Å². The lowest BCUT2D eigenvalue weighted by Gasteiger charge is -2.41. The number of likely N-dealkylation sites (N-methyl/N-ethyl adjacent to an activating group) is 1. The standard InChI is InChI=1S/C28H30N6O2/c1-17-20(14-29)8-7-9-21(17)18(2)30-26-22-15-34(23-10-5-6-11-24(23)35)27(36)28(12-13-33(4)16-28)25(22)31-19(3)32-26/h5-11,18,35H,12-13,15-16H2,1-4H3,(H,30,31,32)/t18-,28?/m1/s1. The minimum absolute atomic E-state index is 0.0458. The molecule has 3 aromatic rings. The van der Waals surface area contributed by atoms with Crippen molar-refractivity contribution < 1.29 is 9.90 Å². The number of nitriles is 1. The van der Waals surface area contributed by atoms with E-state index in [1.54, 1.807) is 23.1 Å². The highest BCUT2D eigenvalue weighted by atomic mass is 16.3. The van der Waals surface area contributed by atoms with Crippen LogP contribution in [-0.2, 0) is 16.8 Å². The van der Waals surface area contributed by atoms with E-state index < -0.39 is 5.41 Å². The number of amides is 1. The monoisotopic (exact) mass is 482 g/mol. The first-order valence-electron chi connectivity index (χ1n) is 12.2. The summed E-state index contributed by atoms with van der Waals surface area (Å²) in [5.41, 5.74) is 3.89. The summed E-state index contributed by atoms with van der Waals surface area (Å²) in [7, 11) is 2.01. The molecule has 2 aliphatic rings. The third kappa shape index (κ3) is 3.76. The molecule has 1 fully saturated rings. The van der Waals surface area contributed by atoms with Crippen molar-refractivity contribution in [1.29, 1.82) is 5.26 Å². The maximum absolute atomic E-state index is 14.1. The highest BCUT2D eigenvalue weighted by Gasteiger charge is 2.53. The first-order chi connectivity index (χ1) is 17.2. The van der Waals surface area contributed by atoms with Gasteiger partial charge >= 0.3 is 0 Å². The number of benzene rings is 2. The summed E-state index contributed by atoms with van der Waals surface area (Å²) in [6, 6.07) is 14.8. The molecule has 1 aromatic heterocycles. The zero-order valence-electron chi connectivity index (χ0n) is 21.0. The Bertz CT molecular complexity index is 1400. The zero-order chi connectivity index (χ0) is 25.6. The Balaban J connectivity index is 1.64. The fraction of sp³-hybridized carbons (Fsp3) is 0.357. The van der Waals surface area contributed by atoms with Crippen LogP contribution in [0.25, 0.3) is 0 Å². The van der Waals surface area contributed by atoms with Crippen molar-refractivity contribution in [3.8, 4) is 11.8 Å². The van der Waals surface area contributed by atoms with Gasteiger partial charge in [0.25, 0.3) is 0 Å². The molecule has 1 unspecified atom stereocenters. The van der Waals surface area contributed by atoms with Crippen LogP contribution in [0.2, 0.25) is 0 Å². The minimum atomic E-state index is -0.811. The number of likely N-dealkylation sites (tertiary alicyclic amines) is 1. The topological polar surface area (TPSA) is 105 Å². The molecule has 1 spiro atoms. The Hall–Kier alpha value is -3.96. The number of para-hydroxylation sites is 2. The van der Waals surface area contributed by atoms with Gasteiger partial charge in [-0.1, -0.05) is 24.3 Å². The Morgan fingerprint density at radius 3 is 2.64 bits per heavy atom. The Morgan fingerprint density at radius 1 is 1.17 bits per heavy atom. The Morgan fingerprint density at radius 2 is 1.94 bits per heavy atom. The highest BCUT2D eigenvalue weighted by molar-refractivity contribution is 6.04. The van der Waals surface area contributed by atoms with Crippen LogP contribution in [-0.4, -0.2) is 46.0 Å². The Kier molecular flexibility index (Phi) is 5.89. The number of phenolic OH excluding ortho intramolecular Hbond substituents is 1. The lowest BCUT2D eigenvalue weighted by Crippen LogP contribution is -2.53. The molecule has 0 aliphatic carbocycles. The van der Waals surface area contributed by atoms with Gasteiger partial charge in [0.2, 0.25) is 5.91 Å². The summed E-state index contributed by atoms with van der Waals surface area (Å²) in [5, 5.41) is 23.7. The largest absolute Gasteiger partial charge is 0.506 e. The second kappa shape index (κ2) is 8.92. The van der Waals surface area contributed by atoms with E-state index in [0.29, 0.717) is 35.9 Å². The summed E-state index contributed by atoms with van der Waals surface area (Å²) in [4.78, 5) is 27.5. The van der Waals surface area contributed by atoms with Crippen molar-refractivity contribution in [2.24, 2.45) is 0 Å². The number of nitrogens with one attached hydrogen (secondary N) is 1. The lowest BCUT2D eigenvalue weighted by molar-refractivity contribution is -0.124. The number of aromatic nitrogens is 2. The van der Waals surface area contributed by atoms with Gasteiger partial charge in [-0.2, -0.15) is 5.26 Å². The molecule has 1 amide bonds. The van der Waals surface area contributed by atoms with Crippen LogP contribution in [0.15, 0.2) is 42.5 Å². The number of fused-ring (bicyclic) bond motifs is 2. The maximum atomic E-state index is 14.1. The predicted octanol–water partition coefficient (Wildman–Crippen LogP) is 3.96. The lowest BCUT2D eigenvalue weighted by atomic mass is 9.76. The van der Waals surface area contributed by atoms with Gasteiger partial charge in [0.05, 0.1) is 35.6 Å². The molecular formula is C28H30N6O2. The van der Waals surface area contributed by atoms with E-state index >= 15 is 0 Å². The molecule has 2 atom stereocenters. The quantitative estimate of drug-likeness (QED) is 0.580. The number of hydrogen-bond donors (Lipinski definition) is 2. The molecular weight excluding hydrogens is 452 g/mol. The molecule has 2 aromatic carbocycles. The molecule has 2 N–H and O–H groups in total. The van der Waals surface area contributed by atoms with E-state index in [1.165, 1.54) is 0 Å². The zero-order valence-corrected chi connectivity index (χ0v) is 21.0. The van der Waals surface area contributed by atoms with Crippen molar-refractivity contribution >= 4 is 17.4 Å². The van der Waals surface area contributed by atoms with Gasteiger partial charge in [-0.3, -0.25) is 4.79 Å². The van der Waals surface area contributed by atoms with Crippen LogP contribution in [0.1, 0.15) is 53.2 Å². The molecule has 5 rings (SSSR count). The SMILES string of the molecule is Cc1nc(N[C@H](C)c2cccc(C#N)c2C)c2c(n1)C1(CCN(C)C1)C(=O)N(c1ccccc1O)C2.